The molecule has 0 bridgehead atoms. The van der Waals surface area contributed by atoms with Gasteiger partial charge in [-0.2, -0.15) is 0 Å². The number of rotatable bonds is 4. The molecule has 0 saturated carbocycles. The number of ether oxygens (including phenoxy) is 1. The van der Waals surface area contributed by atoms with Gasteiger partial charge in [0.2, 0.25) is 5.91 Å². The lowest BCUT2D eigenvalue weighted by molar-refractivity contribution is -0.138. The maximum atomic E-state index is 11.7. The molecule has 2 heterocycles. The molecule has 2 aromatic rings. The van der Waals surface area contributed by atoms with Crippen LogP contribution in [0.25, 0.3) is 11.3 Å². The molecule has 3 rings (SSSR count). The van der Waals surface area contributed by atoms with Crippen LogP contribution in [-0.2, 0) is 16.1 Å². The van der Waals surface area contributed by atoms with Crippen molar-refractivity contribution in [3.63, 3.8) is 0 Å². The van der Waals surface area contributed by atoms with Crippen molar-refractivity contribution in [1.29, 1.82) is 0 Å². The Morgan fingerprint density at radius 2 is 2.09 bits per heavy atom. The van der Waals surface area contributed by atoms with Gasteiger partial charge in [-0.1, -0.05) is 30.3 Å². The second-order valence-corrected chi connectivity index (χ2v) is 5.34. The van der Waals surface area contributed by atoms with Gasteiger partial charge < -0.3 is 14.5 Å². The Balaban J connectivity index is 1.64. The smallest absolute Gasteiger partial charge is 0.250 e. The molecule has 1 aliphatic rings. The Kier molecular flexibility index (Phi) is 4.56. The normalized spacial score (nSPS) is 19.0. The number of nitrogens with zero attached hydrogens (tertiary/aromatic N) is 1. The molecule has 1 fully saturated rings. The van der Waals surface area contributed by atoms with Crippen molar-refractivity contribution in [2.75, 3.05) is 26.7 Å². The standard InChI is InChI=1S/C17H20N2O3/c1-18-17(20)16-12-19(9-10-21-16)11-14-7-8-15(22-14)13-5-3-2-4-6-13/h2-8,16H,9-12H2,1H3,(H,18,20). The summed E-state index contributed by atoms with van der Waals surface area (Å²) in [6.45, 7) is 2.63. The molecule has 1 saturated heterocycles. The fraction of sp³-hybridized carbons (Fsp3) is 0.353. The summed E-state index contributed by atoms with van der Waals surface area (Å²) in [5, 5.41) is 2.63. The topological polar surface area (TPSA) is 54.7 Å². The van der Waals surface area contributed by atoms with Crippen molar-refractivity contribution in [1.82, 2.24) is 10.2 Å². The Hall–Kier alpha value is -2.11. The van der Waals surface area contributed by atoms with Gasteiger partial charge in [0.15, 0.2) is 0 Å². The molecule has 1 atom stereocenters. The third-order valence-electron chi connectivity index (χ3n) is 3.79. The molecule has 0 radical (unpaired) electrons. The fourth-order valence-corrected chi connectivity index (χ4v) is 2.61. The average Bonchev–Trinajstić information content (AvgIpc) is 3.03. The molecule has 5 nitrogen and oxygen atoms in total. The molecule has 1 unspecified atom stereocenters. The maximum Gasteiger partial charge on any atom is 0.250 e. The van der Waals surface area contributed by atoms with Crippen molar-refractivity contribution in [3.05, 3.63) is 48.2 Å². The highest BCUT2D eigenvalue weighted by molar-refractivity contribution is 5.80. The predicted molar refractivity (Wildman–Crippen MR) is 83.2 cm³/mol. The first-order chi connectivity index (χ1) is 10.8. The minimum atomic E-state index is -0.401. The largest absolute Gasteiger partial charge is 0.460 e. The number of hydrogen-bond donors (Lipinski definition) is 1. The quantitative estimate of drug-likeness (QED) is 0.937. The molecule has 1 aromatic carbocycles. The van der Waals surface area contributed by atoms with Crippen molar-refractivity contribution < 1.29 is 13.9 Å². The van der Waals surface area contributed by atoms with Crippen LogP contribution < -0.4 is 5.32 Å². The molecular weight excluding hydrogens is 280 g/mol. The zero-order valence-corrected chi connectivity index (χ0v) is 12.6. The number of amides is 1. The Morgan fingerprint density at radius 1 is 1.27 bits per heavy atom. The van der Waals surface area contributed by atoms with Gasteiger partial charge in [-0.25, -0.2) is 0 Å². The number of furan rings is 1. The van der Waals surface area contributed by atoms with E-state index in [-0.39, 0.29) is 5.91 Å². The summed E-state index contributed by atoms with van der Waals surface area (Å²) in [6, 6.07) is 14.0. The van der Waals surface area contributed by atoms with Gasteiger partial charge in [0.1, 0.15) is 17.6 Å². The van der Waals surface area contributed by atoms with Crippen molar-refractivity contribution in [2.45, 2.75) is 12.6 Å². The predicted octanol–water partition coefficient (Wildman–Crippen LogP) is 1.89. The first kappa shape index (κ1) is 14.8. The van der Waals surface area contributed by atoms with Crippen LogP contribution in [0.2, 0.25) is 0 Å². The second kappa shape index (κ2) is 6.77. The summed E-state index contributed by atoms with van der Waals surface area (Å²) < 4.78 is 11.4. The third-order valence-corrected chi connectivity index (χ3v) is 3.79. The second-order valence-electron chi connectivity index (χ2n) is 5.34. The molecule has 22 heavy (non-hydrogen) atoms. The highest BCUT2D eigenvalue weighted by Gasteiger charge is 2.26. The third kappa shape index (κ3) is 3.37. The molecular formula is C17H20N2O3. The van der Waals surface area contributed by atoms with Gasteiger partial charge in [-0.3, -0.25) is 9.69 Å². The molecule has 116 valence electrons. The van der Waals surface area contributed by atoms with Crippen LogP contribution in [0.15, 0.2) is 46.9 Å². The van der Waals surface area contributed by atoms with Gasteiger partial charge in [-0.15, -0.1) is 0 Å². The monoisotopic (exact) mass is 300 g/mol. The van der Waals surface area contributed by atoms with E-state index >= 15 is 0 Å². The van der Waals surface area contributed by atoms with E-state index in [2.05, 4.69) is 10.2 Å². The van der Waals surface area contributed by atoms with Crippen LogP contribution >= 0.6 is 0 Å². The lowest BCUT2D eigenvalue weighted by Crippen LogP contribution is -2.48. The fourth-order valence-electron chi connectivity index (χ4n) is 2.61. The Labute approximate surface area is 129 Å². The van der Waals surface area contributed by atoms with E-state index in [9.17, 15) is 4.79 Å². The molecule has 5 heteroatoms. The van der Waals surface area contributed by atoms with Gasteiger partial charge in [0.25, 0.3) is 0 Å². The van der Waals surface area contributed by atoms with Crippen LogP contribution in [0, 0.1) is 0 Å². The first-order valence-corrected chi connectivity index (χ1v) is 7.46. The summed E-state index contributed by atoms with van der Waals surface area (Å²) in [6.07, 6.45) is -0.401. The van der Waals surface area contributed by atoms with Gasteiger partial charge >= 0.3 is 0 Å². The summed E-state index contributed by atoms with van der Waals surface area (Å²) in [4.78, 5) is 13.8. The number of carbonyl (C=O) groups excluding carboxylic acids is 1. The molecule has 1 amide bonds. The number of likely N-dealkylation sites (N-methyl/N-ethyl adjacent to an activating group) is 1. The van der Waals surface area contributed by atoms with Crippen LogP contribution in [0.5, 0.6) is 0 Å². The van der Waals surface area contributed by atoms with E-state index in [1.54, 1.807) is 7.05 Å². The van der Waals surface area contributed by atoms with Crippen molar-refractivity contribution in [3.8, 4) is 11.3 Å². The van der Waals surface area contributed by atoms with Crippen molar-refractivity contribution >= 4 is 5.91 Å². The van der Waals surface area contributed by atoms with E-state index in [4.69, 9.17) is 9.15 Å². The molecule has 0 aliphatic carbocycles. The lowest BCUT2D eigenvalue weighted by Gasteiger charge is -2.31. The molecule has 1 aliphatic heterocycles. The van der Waals surface area contributed by atoms with Crippen LogP contribution in [0.4, 0.5) is 0 Å². The van der Waals surface area contributed by atoms with E-state index < -0.39 is 6.10 Å². The van der Waals surface area contributed by atoms with Gasteiger partial charge in [-0.05, 0) is 12.1 Å². The lowest BCUT2D eigenvalue weighted by atomic mass is 10.2. The molecule has 1 N–H and O–H groups in total. The van der Waals surface area contributed by atoms with Crippen LogP contribution in [0.3, 0.4) is 0 Å². The van der Waals surface area contributed by atoms with E-state index in [0.717, 1.165) is 23.6 Å². The number of nitrogens with one attached hydrogen (secondary N) is 1. The maximum absolute atomic E-state index is 11.7. The van der Waals surface area contributed by atoms with Gasteiger partial charge in [0.05, 0.1) is 13.2 Å². The number of hydrogen-bond acceptors (Lipinski definition) is 4. The summed E-state index contributed by atoms with van der Waals surface area (Å²) in [5.74, 6) is 1.69. The Bertz CT molecular complexity index is 624. The number of benzene rings is 1. The zero-order valence-electron chi connectivity index (χ0n) is 12.6. The Morgan fingerprint density at radius 3 is 2.86 bits per heavy atom. The minimum absolute atomic E-state index is 0.0749. The highest BCUT2D eigenvalue weighted by atomic mass is 16.5. The van der Waals surface area contributed by atoms with Crippen molar-refractivity contribution in [2.24, 2.45) is 0 Å². The zero-order chi connectivity index (χ0) is 15.4. The minimum Gasteiger partial charge on any atom is -0.460 e. The summed E-state index contributed by atoms with van der Waals surface area (Å²) in [7, 11) is 1.63. The van der Waals surface area contributed by atoms with E-state index in [1.165, 1.54) is 0 Å². The number of morpholine rings is 1. The average molecular weight is 300 g/mol. The SMILES string of the molecule is CNC(=O)C1CN(Cc2ccc(-c3ccccc3)o2)CCO1. The molecule has 0 spiro atoms. The van der Waals surface area contributed by atoms with Gasteiger partial charge in [0, 0.05) is 25.7 Å². The van der Waals surface area contributed by atoms with E-state index in [1.807, 2.05) is 42.5 Å². The summed E-state index contributed by atoms with van der Waals surface area (Å²) in [5.41, 5.74) is 1.07. The first-order valence-electron chi connectivity index (χ1n) is 7.46. The molecule has 1 aromatic heterocycles. The van der Waals surface area contributed by atoms with E-state index in [0.29, 0.717) is 19.7 Å². The van der Waals surface area contributed by atoms with Crippen LogP contribution in [-0.4, -0.2) is 43.7 Å². The summed E-state index contributed by atoms with van der Waals surface area (Å²) >= 11 is 0. The van der Waals surface area contributed by atoms with Crippen LogP contribution in [0.1, 0.15) is 5.76 Å². The highest BCUT2D eigenvalue weighted by Crippen LogP contribution is 2.23. The number of carbonyl (C=O) groups is 1.